The molecule has 110 valence electrons. The first-order valence-corrected chi connectivity index (χ1v) is 7.02. The largest absolute Gasteiger partial charge is 0.493 e. The maximum atomic E-state index is 11.9. The molecule has 0 spiro atoms. The van der Waals surface area contributed by atoms with E-state index < -0.39 is 0 Å². The number of carbonyl (C=O) groups excluding carboxylic acids is 1. The third-order valence-corrected chi connectivity index (χ3v) is 3.54. The third kappa shape index (κ3) is 3.21. The van der Waals surface area contributed by atoms with E-state index in [1.165, 1.54) is 5.56 Å². The van der Waals surface area contributed by atoms with E-state index in [1.54, 1.807) is 6.92 Å². The molecule has 2 aromatic rings. The monoisotopic (exact) mass is 287 g/mol. The fourth-order valence-corrected chi connectivity index (χ4v) is 2.35. The maximum absolute atomic E-state index is 11.9. The number of benzene rings is 1. The minimum atomic E-state index is -0.0947. The number of nitrogens with zero attached hydrogens (tertiary/aromatic N) is 2. The summed E-state index contributed by atoms with van der Waals surface area (Å²) in [5.41, 5.74) is 3.51. The average molecular weight is 287 g/mol. The van der Waals surface area contributed by atoms with Crippen LogP contribution in [0.4, 0.5) is 0 Å². The number of hydrogen-bond acceptors (Lipinski definition) is 5. The number of amides is 1. The molecule has 6 heteroatoms. The third-order valence-electron chi connectivity index (χ3n) is 3.54. The summed E-state index contributed by atoms with van der Waals surface area (Å²) in [7, 11) is 0. The van der Waals surface area contributed by atoms with Gasteiger partial charge in [0.15, 0.2) is 0 Å². The molecule has 3 rings (SSSR count). The Balaban J connectivity index is 1.57. The summed E-state index contributed by atoms with van der Waals surface area (Å²) < 4.78 is 10.2. The van der Waals surface area contributed by atoms with E-state index in [1.807, 2.05) is 12.1 Å². The lowest BCUT2D eigenvalue weighted by atomic mass is 10.0. The van der Waals surface area contributed by atoms with Crippen LogP contribution in [0.25, 0.3) is 0 Å². The Morgan fingerprint density at radius 2 is 2.29 bits per heavy atom. The zero-order valence-corrected chi connectivity index (χ0v) is 11.9. The van der Waals surface area contributed by atoms with Crippen molar-refractivity contribution < 1.29 is 14.2 Å². The SMILES string of the molecule is Cc1nonc1CC(=O)NCc1ccc2c(c1)CCCO2. The van der Waals surface area contributed by atoms with Crippen molar-refractivity contribution in [2.75, 3.05) is 6.61 Å². The van der Waals surface area contributed by atoms with Crippen molar-refractivity contribution in [3.8, 4) is 5.75 Å². The van der Waals surface area contributed by atoms with Gasteiger partial charge in [0, 0.05) is 6.54 Å². The van der Waals surface area contributed by atoms with E-state index in [0.717, 1.165) is 30.8 Å². The molecule has 0 saturated heterocycles. The first-order chi connectivity index (χ1) is 10.2. The Morgan fingerprint density at radius 1 is 1.38 bits per heavy atom. The molecule has 1 amide bonds. The normalized spacial score (nSPS) is 13.4. The van der Waals surface area contributed by atoms with Crippen LogP contribution in [0.3, 0.4) is 0 Å². The maximum Gasteiger partial charge on any atom is 0.226 e. The molecule has 0 unspecified atom stereocenters. The summed E-state index contributed by atoms with van der Waals surface area (Å²) in [6.45, 7) is 3.05. The van der Waals surface area contributed by atoms with Crippen molar-refractivity contribution in [3.63, 3.8) is 0 Å². The number of carbonyl (C=O) groups is 1. The number of hydrogen-bond donors (Lipinski definition) is 1. The summed E-state index contributed by atoms with van der Waals surface area (Å²) in [5, 5.41) is 10.2. The summed E-state index contributed by atoms with van der Waals surface area (Å²) in [5.74, 6) is 0.864. The van der Waals surface area contributed by atoms with Gasteiger partial charge in [0.25, 0.3) is 0 Å². The number of fused-ring (bicyclic) bond motifs is 1. The van der Waals surface area contributed by atoms with E-state index in [4.69, 9.17) is 4.74 Å². The van der Waals surface area contributed by atoms with Gasteiger partial charge < -0.3 is 10.1 Å². The van der Waals surface area contributed by atoms with Crippen LogP contribution in [-0.4, -0.2) is 22.8 Å². The predicted octanol–water partition coefficient (Wildman–Crippen LogP) is 1.56. The van der Waals surface area contributed by atoms with Gasteiger partial charge in [-0.2, -0.15) is 0 Å². The second kappa shape index (κ2) is 5.95. The van der Waals surface area contributed by atoms with Gasteiger partial charge in [-0.25, -0.2) is 4.63 Å². The summed E-state index contributed by atoms with van der Waals surface area (Å²) in [4.78, 5) is 11.9. The van der Waals surface area contributed by atoms with E-state index in [9.17, 15) is 4.79 Å². The Hall–Kier alpha value is -2.37. The van der Waals surface area contributed by atoms with Crippen molar-refractivity contribution >= 4 is 5.91 Å². The van der Waals surface area contributed by atoms with E-state index in [0.29, 0.717) is 17.9 Å². The summed E-state index contributed by atoms with van der Waals surface area (Å²) in [6, 6.07) is 6.05. The lowest BCUT2D eigenvalue weighted by molar-refractivity contribution is -0.120. The highest BCUT2D eigenvalue weighted by Crippen LogP contribution is 2.25. The van der Waals surface area contributed by atoms with E-state index >= 15 is 0 Å². The van der Waals surface area contributed by atoms with Gasteiger partial charge in [-0.05, 0) is 37.0 Å². The van der Waals surface area contributed by atoms with Crippen molar-refractivity contribution in [1.82, 2.24) is 15.6 Å². The molecular formula is C15H17N3O3. The molecular weight excluding hydrogens is 270 g/mol. The van der Waals surface area contributed by atoms with Gasteiger partial charge in [-0.1, -0.05) is 22.4 Å². The Bertz CT molecular complexity index is 651. The standard InChI is InChI=1S/C15H17N3O3/c1-10-13(18-21-17-10)8-15(19)16-9-11-4-5-14-12(7-11)3-2-6-20-14/h4-5,7H,2-3,6,8-9H2,1H3,(H,16,19). The zero-order chi connectivity index (χ0) is 14.7. The molecule has 0 radical (unpaired) electrons. The summed E-state index contributed by atoms with van der Waals surface area (Å²) in [6.07, 6.45) is 2.26. The number of rotatable bonds is 4. The smallest absolute Gasteiger partial charge is 0.226 e. The van der Waals surface area contributed by atoms with Gasteiger partial charge in [-0.3, -0.25) is 4.79 Å². The molecule has 1 aliphatic rings. The molecule has 0 saturated carbocycles. The van der Waals surface area contributed by atoms with Gasteiger partial charge in [0.2, 0.25) is 5.91 Å². The van der Waals surface area contributed by atoms with Crippen LogP contribution in [-0.2, 0) is 24.2 Å². The molecule has 1 aromatic heterocycles. The number of nitrogens with one attached hydrogen (secondary N) is 1. The van der Waals surface area contributed by atoms with Gasteiger partial charge in [0.1, 0.15) is 17.1 Å². The fourth-order valence-electron chi connectivity index (χ4n) is 2.35. The average Bonchev–Trinajstić information content (AvgIpc) is 2.90. The van der Waals surface area contributed by atoms with Crippen LogP contribution in [0.5, 0.6) is 5.75 Å². The first kappa shape index (κ1) is 13.6. The minimum Gasteiger partial charge on any atom is -0.493 e. The van der Waals surface area contributed by atoms with Crippen LogP contribution in [0.15, 0.2) is 22.8 Å². The molecule has 0 fully saturated rings. The van der Waals surface area contributed by atoms with Crippen LogP contribution >= 0.6 is 0 Å². The highest BCUT2D eigenvalue weighted by atomic mass is 16.6. The molecule has 6 nitrogen and oxygen atoms in total. The topological polar surface area (TPSA) is 77.2 Å². The molecule has 2 heterocycles. The zero-order valence-electron chi connectivity index (χ0n) is 11.9. The number of aromatic nitrogens is 2. The van der Waals surface area contributed by atoms with E-state index in [-0.39, 0.29) is 12.3 Å². The van der Waals surface area contributed by atoms with Gasteiger partial charge in [0.05, 0.1) is 13.0 Å². The highest BCUT2D eigenvalue weighted by molar-refractivity contribution is 5.78. The van der Waals surface area contributed by atoms with Crippen molar-refractivity contribution in [2.24, 2.45) is 0 Å². The van der Waals surface area contributed by atoms with E-state index in [2.05, 4.69) is 26.3 Å². The van der Waals surface area contributed by atoms with Crippen LogP contribution < -0.4 is 10.1 Å². The quantitative estimate of drug-likeness (QED) is 0.923. The highest BCUT2D eigenvalue weighted by Gasteiger charge is 2.12. The molecule has 0 bridgehead atoms. The van der Waals surface area contributed by atoms with Gasteiger partial charge >= 0.3 is 0 Å². The first-order valence-electron chi connectivity index (χ1n) is 7.02. The molecule has 1 aromatic carbocycles. The Morgan fingerprint density at radius 3 is 3.10 bits per heavy atom. The molecule has 21 heavy (non-hydrogen) atoms. The molecule has 1 aliphatic heterocycles. The van der Waals surface area contributed by atoms with Crippen LogP contribution in [0, 0.1) is 6.92 Å². The Kier molecular flexibility index (Phi) is 3.85. The molecule has 0 atom stereocenters. The van der Waals surface area contributed by atoms with Crippen molar-refractivity contribution in [3.05, 3.63) is 40.7 Å². The second-order valence-corrected chi connectivity index (χ2v) is 5.14. The number of ether oxygens (including phenoxy) is 1. The lowest BCUT2D eigenvalue weighted by Crippen LogP contribution is -2.25. The second-order valence-electron chi connectivity index (χ2n) is 5.14. The Labute approximate surface area is 122 Å². The molecule has 1 N–H and O–H groups in total. The van der Waals surface area contributed by atoms with Crippen molar-refractivity contribution in [2.45, 2.75) is 32.7 Å². The van der Waals surface area contributed by atoms with Crippen molar-refractivity contribution in [1.29, 1.82) is 0 Å². The molecule has 0 aliphatic carbocycles. The van der Waals surface area contributed by atoms with Crippen LogP contribution in [0.2, 0.25) is 0 Å². The predicted molar refractivity (Wildman–Crippen MR) is 74.8 cm³/mol. The minimum absolute atomic E-state index is 0.0947. The summed E-state index contributed by atoms with van der Waals surface area (Å²) >= 11 is 0. The van der Waals surface area contributed by atoms with Gasteiger partial charge in [-0.15, -0.1) is 0 Å². The lowest BCUT2D eigenvalue weighted by Gasteiger charge is -2.18. The number of aryl methyl sites for hydroxylation is 2. The fraction of sp³-hybridized carbons (Fsp3) is 0.400. The van der Waals surface area contributed by atoms with Crippen LogP contribution in [0.1, 0.15) is 28.9 Å².